The number of halogens is 1. The van der Waals surface area contributed by atoms with Crippen molar-refractivity contribution in [2.75, 3.05) is 32.7 Å². The number of piperazine rings is 1. The fourth-order valence-corrected chi connectivity index (χ4v) is 4.38. The Balaban J connectivity index is 1.30. The Bertz CT molecular complexity index is 1070. The lowest BCUT2D eigenvalue weighted by molar-refractivity contribution is -0.123. The summed E-state index contributed by atoms with van der Waals surface area (Å²) in [5.41, 5.74) is 0.0825. The number of hydrogen-bond acceptors (Lipinski definition) is 4. The van der Waals surface area contributed by atoms with Crippen molar-refractivity contribution >= 4 is 17.6 Å². The highest BCUT2D eigenvalue weighted by atomic mass is 19.1. The second kappa shape index (κ2) is 9.52. The van der Waals surface area contributed by atoms with E-state index in [9.17, 15) is 14.0 Å². The van der Waals surface area contributed by atoms with Crippen LogP contribution in [0.4, 0.5) is 4.39 Å². The fraction of sp³-hybridized carbons (Fsp3) is 0.462. The van der Waals surface area contributed by atoms with E-state index >= 15 is 0 Å². The summed E-state index contributed by atoms with van der Waals surface area (Å²) in [7, 11) is 0. The average molecular weight is 464 g/mol. The monoisotopic (exact) mass is 463 g/mol. The van der Waals surface area contributed by atoms with Crippen LogP contribution in [0.25, 0.3) is 0 Å². The second-order valence-electron chi connectivity index (χ2n) is 9.43. The maximum Gasteiger partial charge on any atom is 0.256 e. The maximum absolute atomic E-state index is 14.1. The summed E-state index contributed by atoms with van der Waals surface area (Å²) >= 11 is 0. The molecule has 34 heavy (non-hydrogen) atoms. The summed E-state index contributed by atoms with van der Waals surface area (Å²) in [5.74, 6) is 0.645. The number of pyridine rings is 1. The standard InChI is InChI=1S/C26H30FN5O2/c27-21-6-2-1-5-20(21)24(33)32-17-15-31(16-18-32)23(22-7-3-4-13-28-22)30-26(11-12-26)25(34)29-14-10-19-8-9-19/h1-7,13,19H,8-12,14-18H2,(H,29,34). The molecule has 2 aliphatic carbocycles. The minimum absolute atomic E-state index is 0.00468. The average Bonchev–Trinajstić information content (AvgIpc) is 3.80. The minimum atomic E-state index is -0.726. The van der Waals surface area contributed by atoms with Gasteiger partial charge in [0, 0.05) is 38.9 Å². The lowest BCUT2D eigenvalue weighted by Gasteiger charge is -2.36. The van der Waals surface area contributed by atoms with Gasteiger partial charge in [-0.3, -0.25) is 14.6 Å². The molecule has 3 fully saturated rings. The van der Waals surface area contributed by atoms with E-state index in [-0.39, 0.29) is 17.4 Å². The molecule has 7 nitrogen and oxygen atoms in total. The van der Waals surface area contributed by atoms with E-state index in [4.69, 9.17) is 4.99 Å². The Kier molecular flexibility index (Phi) is 6.30. The molecular formula is C26H30FN5O2. The van der Waals surface area contributed by atoms with E-state index in [1.54, 1.807) is 23.2 Å². The lowest BCUT2D eigenvalue weighted by atomic mass is 10.1. The summed E-state index contributed by atoms with van der Waals surface area (Å²) in [6.45, 7) is 2.67. The number of nitrogens with one attached hydrogen (secondary N) is 1. The van der Waals surface area contributed by atoms with Gasteiger partial charge >= 0.3 is 0 Å². The first kappa shape index (κ1) is 22.5. The highest BCUT2D eigenvalue weighted by Gasteiger charge is 2.51. The Morgan fingerprint density at radius 3 is 2.38 bits per heavy atom. The number of amidine groups is 1. The Morgan fingerprint density at radius 1 is 1.03 bits per heavy atom. The molecular weight excluding hydrogens is 433 g/mol. The van der Waals surface area contributed by atoms with E-state index in [0.29, 0.717) is 44.3 Å². The first-order valence-corrected chi connectivity index (χ1v) is 12.1. The molecule has 2 heterocycles. The quantitative estimate of drug-likeness (QED) is 0.506. The van der Waals surface area contributed by atoms with Crippen LogP contribution in [0.1, 0.15) is 48.2 Å². The van der Waals surface area contributed by atoms with Crippen molar-refractivity contribution in [2.24, 2.45) is 10.9 Å². The highest BCUT2D eigenvalue weighted by molar-refractivity contribution is 6.01. The third kappa shape index (κ3) is 4.95. The Hall–Kier alpha value is -3.29. The van der Waals surface area contributed by atoms with Crippen LogP contribution in [-0.2, 0) is 4.79 Å². The fourth-order valence-electron chi connectivity index (χ4n) is 4.38. The van der Waals surface area contributed by atoms with E-state index in [0.717, 1.165) is 25.2 Å². The molecule has 2 amide bonds. The van der Waals surface area contributed by atoms with Crippen molar-refractivity contribution < 1.29 is 14.0 Å². The molecule has 2 aromatic rings. The largest absolute Gasteiger partial charge is 0.354 e. The molecule has 0 radical (unpaired) electrons. The molecule has 1 aliphatic heterocycles. The van der Waals surface area contributed by atoms with Crippen LogP contribution in [0.5, 0.6) is 0 Å². The van der Waals surface area contributed by atoms with Gasteiger partial charge in [-0.2, -0.15) is 0 Å². The van der Waals surface area contributed by atoms with Gasteiger partial charge in [0.05, 0.1) is 5.56 Å². The van der Waals surface area contributed by atoms with Crippen LogP contribution in [0, 0.1) is 11.7 Å². The normalized spacial score (nSPS) is 19.6. The van der Waals surface area contributed by atoms with Gasteiger partial charge in [-0.25, -0.2) is 9.38 Å². The number of hydrogen-bond donors (Lipinski definition) is 1. The van der Waals surface area contributed by atoms with Crippen molar-refractivity contribution in [1.29, 1.82) is 0 Å². The number of rotatable bonds is 7. The molecule has 1 N–H and O–H groups in total. The van der Waals surface area contributed by atoms with E-state index in [2.05, 4.69) is 15.2 Å². The topological polar surface area (TPSA) is 77.9 Å². The van der Waals surface area contributed by atoms with Crippen molar-refractivity contribution in [2.45, 2.75) is 37.6 Å². The van der Waals surface area contributed by atoms with Gasteiger partial charge in [0.1, 0.15) is 17.1 Å². The molecule has 8 heteroatoms. The Morgan fingerprint density at radius 2 is 1.74 bits per heavy atom. The number of benzene rings is 1. The van der Waals surface area contributed by atoms with Crippen molar-refractivity contribution in [3.63, 3.8) is 0 Å². The van der Waals surface area contributed by atoms with Gasteiger partial charge in [-0.1, -0.05) is 31.0 Å². The van der Waals surface area contributed by atoms with Crippen molar-refractivity contribution in [3.05, 3.63) is 65.7 Å². The zero-order chi connectivity index (χ0) is 23.5. The molecule has 0 atom stereocenters. The molecule has 1 aromatic carbocycles. The zero-order valence-corrected chi connectivity index (χ0v) is 19.3. The summed E-state index contributed by atoms with van der Waals surface area (Å²) in [6.07, 6.45) is 6.76. The highest BCUT2D eigenvalue weighted by Crippen LogP contribution is 2.41. The molecule has 0 bridgehead atoms. The summed E-state index contributed by atoms with van der Waals surface area (Å²) < 4.78 is 14.1. The van der Waals surface area contributed by atoms with Gasteiger partial charge in [-0.15, -0.1) is 0 Å². The minimum Gasteiger partial charge on any atom is -0.354 e. The first-order chi connectivity index (χ1) is 16.6. The number of aliphatic imine (C=N–C) groups is 1. The third-order valence-corrected chi connectivity index (χ3v) is 6.87. The molecule has 0 unspecified atom stereocenters. The SMILES string of the molecule is O=C(c1ccccc1F)N1CCN(C(=NC2(C(=O)NCCC3CC3)CC2)c2ccccn2)CC1. The van der Waals surface area contributed by atoms with E-state index in [1.807, 2.05) is 18.2 Å². The van der Waals surface area contributed by atoms with E-state index < -0.39 is 11.4 Å². The van der Waals surface area contributed by atoms with Gasteiger partial charge in [0.2, 0.25) is 5.91 Å². The molecule has 0 spiro atoms. The van der Waals surface area contributed by atoms with Crippen LogP contribution in [0.15, 0.2) is 53.7 Å². The van der Waals surface area contributed by atoms with Crippen LogP contribution >= 0.6 is 0 Å². The number of aromatic nitrogens is 1. The first-order valence-electron chi connectivity index (χ1n) is 12.1. The summed E-state index contributed by atoms with van der Waals surface area (Å²) in [4.78, 5) is 39.0. The van der Waals surface area contributed by atoms with E-state index in [1.165, 1.54) is 25.0 Å². The summed E-state index contributed by atoms with van der Waals surface area (Å²) in [6, 6.07) is 11.7. The molecule has 3 aliphatic rings. The lowest BCUT2D eigenvalue weighted by Crippen LogP contribution is -2.51. The number of carbonyl (C=O) groups is 2. The number of nitrogens with zero attached hydrogens (tertiary/aromatic N) is 4. The predicted octanol–water partition coefficient (Wildman–Crippen LogP) is 2.87. The number of amides is 2. The van der Waals surface area contributed by atoms with Gasteiger partial charge < -0.3 is 15.1 Å². The molecule has 5 rings (SSSR count). The predicted molar refractivity (Wildman–Crippen MR) is 127 cm³/mol. The smallest absolute Gasteiger partial charge is 0.256 e. The second-order valence-corrected chi connectivity index (χ2v) is 9.43. The molecule has 178 valence electrons. The number of carbonyl (C=O) groups excluding carboxylic acids is 2. The van der Waals surface area contributed by atoms with Crippen LogP contribution in [0.2, 0.25) is 0 Å². The van der Waals surface area contributed by atoms with Crippen molar-refractivity contribution in [1.82, 2.24) is 20.1 Å². The zero-order valence-electron chi connectivity index (χ0n) is 19.3. The van der Waals surface area contributed by atoms with Crippen molar-refractivity contribution in [3.8, 4) is 0 Å². The van der Waals surface area contributed by atoms with Gasteiger partial charge in [0.25, 0.3) is 5.91 Å². The van der Waals surface area contributed by atoms with Gasteiger partial charge in [-0.05, 0) is 49.4 Å². The Labute approximate surface area is 199 Å². The third-order valence-electron chi connectivity index (χ3n) is 6.87. The van der Waals surface area contributed by atoms with Crippen LogP contribution < -0.4 is 5.32 Å². The molecule has 1 aromatic heterocycles. The molecule has 1 saturated heterocycles. The van der Waals surface area contributed by atoms with Crippen LogP contribution in [0.3, 0.4) is 0 Å². The van der Waals surface area contributed by atoms with Crippen LogP contribution in [-0.4, -0.2) is 70.7 Å². The summed E-state index contributed by atoms with van der Waals surface area (Å²) in [5, 5.41) is 3.09. The van der Waals surface area contributed by atoms with Gasteiger partial charge in [0.15, 0.2) is 5.84 Å². The maximum atomic E-state index is 14.1. The molecule has 2 saturated carbocycles.